The number of anilines is 2. The first-order valence-corrected chi connectivity index (χ1v) is 11.7. The Kier molecular flexibility index (Phi) is 5.34. The van der Waals surface area contributed by atoms with E-state index in [1.807, 2.05) is 72.5 Å². The Morgan fingerprint density at radius 1 is 1.00 bits per heavy atom. The number of nitrogens with zero attached hydrogens (tertiary/aromatic N) is 2. The molecule has 1 amide bonds. The number of rotatable bonds is 5. The summed E-state index contributed by atoms with van der Waals surface area (Å²) in [7, 11) is 3.29. The summed E-state index contributed by atoms with van der Waals surface area (Å²) in [4.78, 5) is 33.0. The molecule has 1 aliphatic heterocycles. The molecule has 5 aromatic rings. The first-order valence-electron chi connectivity index (χ1n) is 11.7. The number of nitrogens with one attached hydrogen (secondary N) is 3. The van der Waals surface area contributed by atoms with Gasteiger partial charge in [0.15, 0.2) is 0 Å². The quantitative estimate of drug-likeness (QED) is 0.230. The minimum atomic E-state index is -0.460. The fourth-order valence-corrected chi connectivity index (χ4v) is 4.64. The van der Waals surface area contributed by atoms with E-state index in [-0.39, 0.29) is 5.91 Å². The van der Waals surface area contributed by atoms with E-state index in [1.165, 1.54) is 7.11 Å². The first kappa shape index (κ1) is 22.4. The maximum Gasteiger partial charge on any atom is 0.337 e. The van der Waals surface area contributed by atoms with Crippen molar-refractivity contribution in [3.63, 3.8) is 0 Å². The molecule has 0 spiro atoms. The third kappa shape index (κ3) is 3.94. The summed E-state index contributed by atoms with van der Waals surface area (Å²) >= 11 is 0. The summed E-state index contributed by atoms with van der Waals surface area (Å²) in [6, 6.07) is 21.0. The molecular formula is C29H23N5O3. The van der Waals surface area contributed by atoms with Crippen molar-refractivity contribution in [2.75, 3.05) is 17.7 Å². The zero-order valence-corrected chi connectivity index (χ0v) is 20.2. The maximum absolute atomic E-state index is 13.3. The second-order valence-corrected chi connectivity index (χ2v) is 8.80. The Hall–Kier alpha value is -5.11. The van der Waals surface area contributed by atoms with Crippen LogP contribution in [0.5, 0.6) is 0 Å². The number of aromatic nitrogens is 3. The molecule has 0 saturated carbocycles. The molecule has 8 heteroatoms. The number of fused-ring (bicyclic) bond motifs is 2. The summed E-state index contributed by atoms with van der Waals surface area (Å²) < 4.78 is 6.80. The van der Waals surface area contributed by atoms with E-state index >= 15 is 0 Å². The van der Waals surface area contributed by atoms with E-state index in [9.17, 15) is 9.59 Å². The van der Waals surface area contributed by atoms with Crippen LogP contribution in [0.3, 0.4) is 0 Å². The van der Waals surface area contributed by atoms with Gasteiger partial charge >= 0.3 is 5.97 Å². The Labute approximate surface area is 212 Å². The molecule has 0 bridgehead atoms. The molecule has 3 heterocycles. The van der Waals surface area contributed by atoms with Crippen LogP contribution in [-0.4, -0.2) is 33.5 Å². The van der Waals surface area contributed by atoms with Crippen LogP contribution in [0.15, 0.2) is 85.3 Å². The normalized spacial score (nSPS) is 13.8. The van der Waals surface area contributed by atoms with Crippen LogP contribution in [0.2, 0.25) is 0 Å². The van der Waals surface area contributed by atoms with Crippen LogP contribution in [0.25, 0.3) is 33.6 Å². The lowest BCUT2D eigenvalue weighted by atomic mass is 9.98. The van der Waals surface area contributed by atoms with Crippen LogP contribution in [0, 0.1) is 0 Å². The number of benzene rings is 3. The van der Waals surface area contributed by atoms with Crippen LogP contribution in [0.1, 0.15) is 21.5 Å². The molecule has 8 nitrogen and oxygen atoms in total. The van der Waals surface area contributed by atoms with Gasteiger partial charge in [-0.15, -0.1) is 0 Å². The van der Waals surface area contributed by atoms with Gasteiger partial charge in [-0.1, -0.05) is 12.1 Å². The molecule has 3 N–H and O–H groups in total. The molecule has 182 valence electrons. The Morgan fingerprint density at radius 3 is 2.57 bits per heavy atom. The third-order valence-corrected chi connectivity index (χ3v) is 6.51. The molecule has 0 saturated heterocycles. The molecule has 0 radical (unpaired) electrons. The van der Waals surface area contributed by atoms with Gasteiger partial charge in [0, 0.05) is 53.4 Å². The highest BCUT2D eigenvalue weighted by Gasteiger charge is 2.29. The fourth-order valence-electron chi connectivity index (χ4n) is 4.64. The van der Waals surface area contributed by atoms with Gasteiger partial charge in [-0.05, 0) is 60.2 Å². The number of H-pyrrole nitrogens is 1. The molecule has 0 aliphatic carbocycles. The lowest BCUT2D eigenvalue weighted by molar-refractivity contribution is -0.110. The highest BCUT2D eigenvalue weighted by atomic mass is 16.5. The molecule has 3 aromatic carbocycles. The highest BCUT2D eigenvalue weighted by molar-refractivity contribution is 6.37. The van der Waals surface area contributed by atoms with Crippen molar-refractivity contribution < 1.29 is 14.3 Å². The van der Waals surface area contributed by atoms with E-state index in [0.717, 1.165) is 33.5 Å². The monoisotopic (exact) mass is 489 g/mol. The highest BCUT2D eigenvalue weighted by Crippen LogP contribution is 2.39. The number of ether oxygens (including phenoxy) is 1. The average molecular weight is 490 g/mol. The number of imidazole rings is 1. The predicted octanol–water partition coefficient (Wildman–Crippen LogP) is 5.29. The Morgan fingerprint density at radius 2 is 1.81 bits per heavy atom. The molecule has 0 unspecified atom stereocenters. The van der Waals surface area contributed by atoms with Crippen molar-refractivity contribution in [1.82, 2.24) is 14.5 Å². The molecular weight excluding hydrogens is 466 g/mol. The van der Waals surface area contributed by atoms with Gasteiger partial charge in [0.25, 0.3) is 5.91 Å². The van der Waals surface area contributed by atoms with Gasteiger partial charge in [-0.3, -0.25) is 4.79 Å². The van der Waals surface area contributed by atoms with Crippen molar-refractivity contribution >= 4 is 45.4 Å². The third-order valence-electron chi connectivity index (χ3n) is 6.51. The number of amides is 1. The summed E-state index contributed by atoms with van der Waals surface area (Å²) in [5, 5.41) is 7.43. The molecule has 37 heavy (non-hydrogen) atoms. The van der Waals surface area contributed by atoms with Crippen molar-refractivity contribution in [3.8, 4) is 11.4 Å². The molecule has 0 fully saturated rings. The number of hydrogen-bond acceptors (Lipinski definition) is 5. The number of methoxy groups -OCH3 is 1. The summed E-state index contributed by atoms with van der Waals surface area (Å²) in [5.74, 6) is 0.158. The van der Waals surface area contributed by atoms with Crippen LogP contribution >= 0.6 is 0 Å². The summed E-state index contributed by atoms with van der Waals surface area (Å²) in [6.45, 7) is 0. The summed E-state index contributed by atoms with van der Waals surface area (Å²) in [5.41, 5.74) is 6.47. The maximum atomic E-state index is 13.3. The van der Waals surface area contributed by atoms with Crippen LogP contribution < -0.4 is 10.6 Å². The zero-order chi connectivity index (χ0) is 25.5. The van der Waals surface area contributed by atoms with E-state index < -0.39 is 5.97 Å². The smallest absolute Gasteiger partial charge is 0.337 e. The van der Waals surface area contributed by atoms with E-state index in [0.29, 0.717) is 28.1 Å². The zero-order valence-electron chi connectivity index (χ0n) is 20.2. The fraction of sp³-hybridized carbons (Fsp3) is 0.0690. The molecule has 1 aliphatic rings. The second kappa shape index (κ2) is 8.83. The lowest BCUT2D eigenvalue weighted by Gasteiger charge is -2.15. The minimum absolute atomic E-state index is 0.252. The van der Waals surface area contributed by atoms with Gasteiger partial charge < -0.3 is 24.9 Å². The Bertz CT molecular complexity index is 1710. The number of carbonyl (C=O) groups is 2. The van der Waals surface area contributed by atoms with Gasteiger partial charge in [-0.2, -0.15) is 0 Å². The second-order valence-electron chi connectivity index (χ2n) is 8.80. The van der Waals surface area contributed by atoms with E-state index in [1.54, 1.807) is 24.4 Å². The predicted molar refractivity (Wildman–Crippen MR) is 144 cm³/mol. The minimum Gasteiger partial charge on any atom is -0.465 e. The number of esters is 1. The molecule has 6 rings (SSSR count). The van der Waals surface area contributed by atoms with Crippen molar-refractivity contribution in [2.24, 2.45) is 7.05 Å². The van der Waals surface area contributed by atoms with Crippen molar-refractivity contribution in [1.29, 1.82) is 0 Å². The van der Waals surface area contributed by atoms with Crippen LogP contribution in [-0.2, 0) is 16.6 Å². The van der Waals surface area contributed by atoms with Gasteiger partial charge in [0.1, 0.15) is 5.82 Å². The molecule has 2 aromatic heterocycles. The number of hydrogen-bond donors (Lipinski definition) is 3. The number of aryl methyl sites for hydroxylation is 1. The van der Waals surface area contributed by atoms with E-state index in [2.05, 4.69) is 20.6 Å². The van der Waals surface area contributed by atoms with Gasteiger partial charge in [0.05, 0.1) is 29.6 Å². The Balaban J connectivity index is 1.47. The average Bonchev–Trinajstić information content (AvgIpc) is 3.64. The summed E-state index contributed by atoms with van der Waals surface area (Å²) in [6.07, 6.45) is 5.56. The number of aromatic amines is 1. The van der Waals surface area contributed by atoms with Crippen molar-refractivity contribution in [3.05, 3.63) is 102 Å². The van der Waals surface area contributed by atoms with Gasteiger partial charge in [-0.25, -0.2) is 9.78 Å². The van der Waals surface area contributed by atoms with Crippen molar-refractivity contribution in [2.45, 2.75) is 0 Å². The first-order chi connectivity index (χ1) is 18.0. The van der Waals surface area contributed by atoms with Crippen LogP contribution in [0.4, 0.5) is 11.4 Å². The molecule has 0 atom stereocenters. The topological polar surface area (TPSA) is 101 Å². The van der Waals surface area contributed by atoms with Gasteiger partial charge in [0.2, 0.25) is 0 Å². The SMILES string of the molecule is COC(=O)c1ccc2c(c1)NC(=O)/C2=C(\Nc1ccc(-c2nccn2C)cc1)c1ccc2[nH]ccc2c1. The van der Waals surface area contributed by atoms with E-state index in [4.69, 9.17) is 4.74 Å². The standard InChI is InChI=1S/C29H23N5O3/c1-34-14-13-31-27(34)17-3-7-21(8-4-17)32-26(19-6-10-23-18(15-19)11-12-30-23)25-22-9-5-20(29(36)37-2)16-24(22)33-28(25)35/h3-16,30,32H,1-2H3,(H,33,35)/b26-25-. The number of carbonyl (C=O) groups excluding carboxylic acids is 2. The lowest BCUT2D eigenvalue weighted by Crippen LogP contribution is -2.10. The largest absolute Gasteiger partial charge is 0.465 e.